The summed E-state index contributed by atoms with van der Waals surface area (Å²) in [5, 5.41) is 6.10. The first kappa shape index (κ1) is 15.4. The van der Waals surface area contributed by atoms with Crippen molar-refractivity contribution in [2.45, 2.75) is 25.4 Å². The van der Waals surface area contributed by atoms with Crippen molar-refractivity contribution >= 4 is 5.91 Å². The van der Waals surface area contributed by atoms with E-state index in [1.807, 2.05) is 6.07 Å². The highest BCUT2D eigenvalue weighted by atomic mass is 16.5. The Bertz CT molecular complexity index is 499. The minimum absolute atomic E-state index is 0.0179. The lowest BCUT2D eigenvalue weighted by Crippen LogP contribution is -2.40. The lowest BCUT2D eigenvalue weighted by molar-refractivity contribution is -0.122. The van der Waals surface area contributed by atoms with Gasteiger partial charge >= 0.3 is 0 Å². The van der Waals surface area contributed by atoms with Crippen molar-refractivity contribution in [2.75, 3.05) is 27.9 Å². The van der Waals surface area contributed by atoms with E-state index < -0.39 is 0 Å². The van der Waals surface area contributed by atoms with E-state index in [4.69, 9.17) is 14.2 Å². The summed E-state index contributed by atoms with van der Waals surface area (Å²) >= 11 is 0. The van der Waals surface area contributed by atoms with Crippen LogP contribution in [0.25, 0.3) is 0 Å². The molecule has 6 heteroatoms. The Kier molecular flexibility index (Phi) is 5.27. The third-order valence-corrected chi connectivity index (χ3v) is 3.62. The van der Waals surface area contributed by atoms with Crippen LogP contribution in [0.4, 0.5) is 0 Å². The first-order valence-corrected chi connectivity index (χ1v) is 6.99. The van der Waals surface area contributed by atoms with E-state index in [0.29, 0.717) is 23.8 Å². The average molecular weight is 294 g/mol. The molecule has 0 aromatic heterocycles. The number of carbonyl (C=O) groups is 1. The van der Waals surface area contributed by atoms with Gasteiger partial charge in [-0.1, -0.05) is 0 Å². The molecule has 1 atom stereocenters. The topological polar surface area (TPSA) is 68.8 Å². The molecule has 0 spiro atoms. The number of hydrogen-bond donors (Lipinski definition) is 2. The van der Waals surface area contributed by atoms with E-state index in [1.54, 1.807) is 27.4 Å². The zero-order valence-corrected chi connectivity index (χ0v) is 12.7. The quantitative estimate of drug-likeness (QED) is 0.822. The van der Waals surface area contributed by atoms with Crippen molar-refractivity contribution in [3.05, 3.63) is 17.7 Å². The van der Waals surface area contributed by atoms with Crippen molar-refractivity contribution < 1.29 is 19.0 Å². The highest BCUT2D eigenvalue weighted by Crippen LogP contribution is 2.34. The molecule has 2 N–H and O–H groups in total. The Hall–Kier alpha value is -1.95. The summed E-state index contributed by atoms with van der Waals surface area (Å²) in [4.78, 5) is 12.0. The summed E-state index contributed by atoms with van der Waals surface area (Å²) < 4.78 is 15.9. The molecule has 1 fully saturated rings. The van der Waals surface area contributed by atoms with Crippen LogP contribution >= 0.6 is 0 Å². The third-order valence-electron chi connectivity index (χ3n) is 3.62. The Morgan fingerprint density at radius 3 is 2.43 bits per heavy atom. The molecule has 1 aliphatic rings. The number of nitrogens with one attached hydrogen (secondary N) is 2. The van der Waals surface area contributed by atoms with Crippen LogP contribution < -0.4 is 24.8 Å². The number of methoxy groups -OCH3 is 3. The maximum atomic E-state index is 12.0. The summed E-state index contributed by atoms with van der Waals surface area (Å²) in [6, 6.07) is 3.49. The molecule has 1 saturated heterocycles. The number of carbonyl (C=O) groups excluding carboxylic acids is 1. The van der Waals surface area contributed by atoms with Crippen molar-refractivity contribution in [2.24, 2.45) is 0 Å². The van der Waals surface area contributed by atoms with Gasteiger partial charge in [-0.25, -0.2) is 0 Å². The summed E-state index contributed by atoms with van der Waals surface area (Å²) in [5.41, 5.74) is 0.849. The SMILES string of the molecule is COc1cc(OC)c(OC)cc1CNC(=O)C1CCCN1. The van der Waals surface area contributed by atoms with E-state index in [9.17, 15) is 4.79 Å². The zero-order valence-electron chi connectivity index (χ0n) is 12.7. The summed E-state index contributed by atoms with van der Waals surface area (Å²) in [5.74, 6) is 1.89. The highest BCUT2D eigenvalue weighted by Gasteiger charge is 2.22. The van der Waals surface area contributed by atoms with Gasteiger partial charge in [0.05, 0.1) is 27.4 Å². The molecule has 0 radical (unpaired) electrons. The van der Waals surface area contributed by atoms with Gasteiger partial charge in [0.2, 0.25) is 5.91 Å². The number of rotatable bonds is 6. The predicted molar refractivity (Wildman–Crippen MR) is 79.0 cm³/mol. The smallest absolute Gasteiger partial charge is 0.237 e. The second kappa shape index (κ2) is 7.17. The van der Waals surface area contributed by atoms with Crippen LogP contribution in [0.3, 0.4) is 0 Å². The fraction of sp³-hybridized carbons (Fsp3) is 0.533. The molecule has 1 aromatic carbocycles. The molecule has 1 amide bonds. The van der Waals surface area contributed by atoms with E-state index in [2.05, 4.69) is 10.6 Å². The van der Waals surface area contributed by atoms with Crippen LogP contribution in [0, 0.1) is 0 Å². The number of amides is 1. The van der Waals surface area contributed by atoms with Crippen LogP contribution in [-0.2, 0) is 11.3 Å². The van der Waals surface area contributed by atoms with E-state index >= 15 is 0 Å². The Morgan fingerprint density at radius 2 is 1.86 bits per heavy atom. The molecule has 0 saturated carbocycles. The van der Waals surface area contributed by atoms with Gasteiger partial charge < -0.3 is 24.8 Å². The van der Waals surface area contributed by atoms with Crippen LogP contribution in [0.15, 0.2) is 12.1 Å². The van der Waals surface area contributed by atoms with Gasteiger partial charge in [0.1, 0.15) is 5.75 Å². The standard InChI is InChI=1S/C15H22N2O4/c1-19-12-8-14(21-3)13(20-2)7-10(12)9-17-15(18)11-5-4-6-16-11/h7-8,11,16H,4-6,9H2,1-3H3,(H,17,18). The molecule has 0 aliphatic carbocycles. The number of ether oxygens (including phenoxy) is 3. The summed E-state index contributed by atoms with van der Waals surface area (Å²) in [6.07, 6.45) is 1.92. The monoisotopic (exact) mass is 294 g/mol. The van der Waals surface area contributed by atoms with Crippen molar-refractivity contribution in [3.8, 4) is 17.2 Å². The van der Waals surface area contributed by atoms with Crippen LogP contribution in [0.2, 0.25) is 0 Å². The van der Waals surface area contributed by atoms with Gasteiger partial charge in [-0.05, 0) is 25.5 Å². The first-order chi connectivity index (χ1) is 10.2. The first-order valence-electron chi connectivity index (χ1n) is 6.99. The van der Waals surface area contributed by atoms with E-state index in [0.717, 1.165) is 24.9 Å². The molecule has 1 aliphatic heterocycles. The van der Waals surface area contributed by atoms with Gasteiger partial charge in [0, 0.05) is 18.2 Å². The van der Waals surface area contributed by atoms with Gasteiger partial charge in [0.25, 0.3) is 0 Å². The van der Waals surface area contributed by atoms with E-state index in [1.165, 1.54) is 0 Å². The third kappa shape index (κ3) is 3.58. The molecular weight excluding hydrogens is 272 g/mol. The molecule has 2 rings (SSSR count). The fourth-order valence-electron chi connectivity index (χ4n) is 2.44. The van der Waals surface area contributed by atoms with Gasteiger partial charge in [-0.2, -0.15) is 0 Å². The molecule has 1 unspecified atom stereocenters. The second-order valence-corrected chi connectivity index (χ2v) is 4.89. The maximum Gasteiger partial charge on any atom is 0.237 e. The fourth-order valence-corrected chi connectivity index (χ4v) is 2.44. The van der Waals surface area contributed by atoms with Gasteiger partial charge in [0.15, 0.2) is 11.5 Å². The van der Waals surface area contributed by atoms with Crippen LogP contribution in [-0.4, -0.2) is 39.8 Å². The lowest BCUT2D eigenvalue weighted by Gasteiger charge is -2.16. The number of hydrogen-bond acceptors (Lipinski definition) is 5. The molecule has 1 aromatic rings. The molecular formula is C15H22N2O4. The normalized spacial score (nSPS) is 17.4. The van der Waals surface area contributed by atoms with Crippen molar-refractivity contribution in [1.29, 1.82) is 0 Å². The number of benzene rings is 1. The maximum absolute atomic E-state index is 12.0. The Labute approximate surface area is 124 Å². The van der Waals surface area contributed by atoms with Gasteiger partial charge in [-0.3, -0.25) is 4.79 Å². The molecule has 6 nitrogen and oxygen atoms in total. The Balaban J connectivity index is 2.09. The predicted octanol–water partition coefficient (Wildman–Crippen LogP) is 1.08. The van der Waals surface area contributed by atoms with Crippen molar-refractivity contribution in [3.63, 3.8) is 0 Å². The highest BCUT2D eigenvalue weighted by molar-refractivity contribution is 5.82. The molecule has 0 bridgehead atoms. The minimum Gasteiger partial charge on any atom is -0.496 e. The molecule has 21 heavy (non-hydrogen) atoms. The van der Waals surface area contributed by atoms with Crippen molar-refractivity contribution in [1.82, 2.24) is 10.6 Å². The Morgan fingerprint density at radius 1 is 1.19 bits per heavy atom. The molecule has 116 valence electrons. The molecule has 1 heterocycles. The second-order valence-electron chi connectivity index (χ2n) is 4.89. The van der Waals surface area contributed by atoms with Gasteiger partial charge in [-0.15, -0.1) is 0 Å². The van der Waals surface area contributed by atoms with E-state index in [-0.39, 0.29) is 11.9 Å². The average Bonchev–Trinajstić information content (AvgIpc) is 3.06. The summed E-state index contributed by atoms with van der Waals surface area (Å²) in [7, 11) is 4.74. The zero-order chi connectivity index (χ0) is 15.2. The minimum atomic E-state index is -0.0869. The lowest BCUT2D eigenvalue weighted by atomic mass is 10.1. The summed E-state index contributed by atoms with van der Waals surface area (Å²) in [6.45, 7) is 1.29. The van der Waals surface area contributed by atoms with Crippen LogP contribution in [0.1, 0.15) is 18.4 Å². The largest absolute Gasteiger partial charge is 0.496 e. The van der Waals surface area contributed by atoms with Crippen LogP contribution in [0.5, 0.6) is 17.2 Å².